The van der Waals surface area contributed by atoms with Crippen LogP contribution in [0.5, 0.6) is 5.75 Å². The second-order valence-electron chi connectivity index (χ2n) is 4.33. The van der Waals surface area contributed by atoms with E-state index in [2.05, 4.69) is 5.32 Å². The van der Waals surface area contributed by atoms with Crippen molar-refractivity contribution < 1.29 is 19.4 Å². The molecule has 0 bridgehead atoms. The predicted molar refractivity (Wildman–Crippen MR) is 71.4 cm³/mol. The molecule has 0 aliphatic heterocycles. The van der Waals surface area contributed by atoms with Gasteiger partial charge in [-0.3, -0.25) is 4.79 Å². The van der Waals surface area contributed by atoms with Crippen LogP contribution in [0, 0.1) is 20.8 Å². The Morgan fingerprint density at radius 1 is 1.32 bits per heavy atom. The molecule has 1 amide bonds. The van der Waals surface area contributed by atoms with Gasteiger partial charge >= 0.3 is 5.97 Å². The second-order valence-corrected chi connectivity index (χ2v) is 4.33. The van der Waals surface area contributed by atoms with Gasteiger partial charge in [0, 0.05) is 5.69 Å². The first-order valence-corrected chi connectivity index (χ1v) is 5.73. The number of rotatable bonds is 4. The van der Waals surface area contributed by atoms with Crippen molar-refractivity contribution >= 4 is 17.6 Å². The third-order valence-electron chi connectivity index (χ3n) is 3.04. The highest BCUT2D eigenvalue weighted by molar-refractivity contribution is 6.07. The number of carboxylic acids is 1. The summed E-state index contributed by atoms with van der Waals surface area (Å²) in [6, 6.07) is 0.148. The highest BCUT2D eigenvalue weighted by Crippen LogP contribution is 2.31. The molecule has 0 aromatic heterocycles. The molecule has 1 aromatic carbocycles. The molecule has 0 spiro atoms. The maximum Gasteiger partial charge on any atom is 0.330 e. The van der Waals surface area contributed by atoms with E-state index in [4.69, 9.17) is 15.6 Å². The number of benzene rings is 1. The summed E-state index contributed by atoms with van der Waals surface area (Å²) >= 11 is 0. The van der Waals surface area contributed by atoms with E-state index in [0.29, 0.717) is 5.69 Å². The number of nitrogens with one attached hydrogen (secondary N) is 1. The average molecular weight is 266 g/mol. The molecule has 19 heavy (non-hydrogen) atoms. The van der Waals surface area contributed by atoms with Gasteiger partial charge in [0.25, 0.3) is 5.91 Å². The first-order chi connectivity index (χ1) is 8.79. The van der Waals surface area contributed by atoms with E-state index in [1.165, 1.54) is 0 Å². The van der Waals surface area contributed by atoms with Gasteiger partial charge in [-0.2, -0.15) is 0 Å². The molecular formula is C13H18N2O4. The number of methoxy groups -OCH3 is 1. The van der Waals surface area contributed by atoms with Gasteiger partial charge in [0.15, 0.2) is 6.04 Å². The first-order valence-electron chi connectivity index (χ1n) is 5.73. The van der Waals surface area contributed by atoms with Crippen LogP contribution in [0.4, 0.5) is 5.69 Å². The van der Waals surface area contributed by atoms with Gasteiger partial charge < -0.3 is 20.9 Å². The summed E-state index contributed by atoms with van der Waals surface area (Å²) < 4.78 is 5.27. The van der Waals surface area contributed by atoms with Crippen LogP contribution in [-0.2, 0) is 9.59 Å². The van der Waals surface area contributed by atoms with Crippen molar-refractivity contribution in [2.75, 3.05) is 12.4 Å². The van der Waals surface area contributed by atoms with Crippen molar-refractivity contribution in [3.63, 3.8) is 0 Å². The number of carbonyl (C=O) groups excluding carboxylic acids is 1. The van der Waals surface area contributed by atoms with E-state index < -0.39 is 17.9 Å². The zero-order chi connectivity index (χ0) is 14.7. The second kappa shape index (κ2) is 5.71. The lowest BCUT2D eigenvalue weighted by atomic mass is 10.0. The standard InChI is InChI=1S/C13H18N2O4/c1-6-5-9(7(2)8(3)11(6)19-4)15-12(16)10(14)13(17)18/h5,10H,14H2,1-4H3,(H,15,16)(H,17,18). The van der Waals surface area contributed by atoms with E-state index in [1.807, 2.05) is 20.8 Å². The van der Waals surface area contributed by atoms with Crippen LogP contribution in [0.1, 0.15) is 16.7 Å². The number of carboxylic acid groups (broad SMARTS) is 1. The number of amides is 1. The summed E-state index contributed by atoms with van der Waals surface area (Å²) in [5.74, 6) is -1.37. The molecule has 0 saturated heterocycles. The normalized spacial score (nSPS) is 11.8. The maximum atomic E-state index is 11.6. The molecular weight excluding hydrogens is 248 g/mol. The van der Waals surface area contributed by atoms with E-state index in [9.17, 15) is 9.59 Å². The minimum Gasteiger partial charge on any atom is -0.496 e. The third kappa shape index (κ3) is 3.03. The number of aryl methyl sites for hydroxylation is 1. The largest absolute Gasteiger partial charge is 0.496 e. The Morgan fingerprint density at radius 3 is 2.37 bits per heavy atom. The molecule has 4 N–H and O–H groups in total. The number of ether oxygens (including phenoxy) is 1. The number of aliphatic carboxylic acids is 1. The van der Waals surface area contributed by atoms with E-state index in [-0.39, 0.29) is 0 Å². The minimum atomic E-state index is -1.58. The molecule has 0 fully saturated rings. The zero-order valence-electron chi connectivity index (χ0n) is 11.4. The van der Waals surface area contributed by atoms with Gasteiger partial charge in [-0.1, -0.05) is 0 Å². The minimum absolute atomic E-state index is 0.539. The summed E-state index contributed by atoms with van der Waals surface area (Å²) in [5, 5.41) is 11.2. The van der Waals surface area contributed by atoms with Crippen molar-refractivity contribution in [1.82, 2.24) is 0 Å². The SMILES string of the molecule is COc1c(C)cc(NC(=O)C(N)C(=O)O)c(C)c1C. The summed E-state index contributed by atoms with van der Waals surface area (Å²) in [5.41, 5.74) is 8.35. The predicted octanol–water partition coefficient (Wildman–Crippen LogP) is 0.971. The fourth-order valence-electron chi connectivity index (χ4n) is 1.82. The van der Waals surface area contributed by atoms with Crippen molar-refractivity contribution in [2.24, 2.45) is 5.73 Å². The van der Waals surface area contributed by atoms with Gasteiger partial charge in [0.05, 0.1) is 7.11 Å². The lowest BCUT2D eigenvalue weighted by molar-refractivity contribution is -0.141. The molecule has 6 nitrogen and oxygen atoms in total. The number of hydrogen-bond acceptors (Lipinski definition) is 4. The Bertz CT molecular complexity index is 526. The Labute approximate surface area is 111 Å². The Morgan fingerprint density at radius 2 is 1.89 bits per heavy atom. The van der Waals surface area contributed by atoms with Crippen LogP contribution in [-0.4, -0.2) is 30.1 Å². The molecule has 1 aromatic rings. The third-order valence-corrected chi connectivity index (χ3v) is 3.04. The van der Waals surface area contributed by atoms with Gasteiger partial charge in [0.2, 0.25) is 0 Å². The fourth-order valence-corrected chi connectivity index (χ4v) is 1.82. The summed E-state index contributed by atoms with van der Waals surface area (Å²) in [7, 11) is 1.58. The quantitative estimate of drug-likeness (QED) is 0.705. The summed E-state index contributed by atoms with van der Waals surface area (Å²) in [4.78, 5) is 22.3. The molecule has 0 aliphatic rings. The van der Waals surface area contributed by atoms with Crippen molar-refractivity contribution in [2.45, 2.75) is 26.8 Å². The fraction of sp³-hybridized carbons (Fsp3) is 0.385. The average Bonchev–Trinajstić information content (AvgIpc) is 2.35. The molecule has 0 saturated carbocycles. The van der Waals surface area contributed by atoms with Crippen molar-refractivity contribution in [1.29, 1.82) is 0 Å². The Kier molecular flexibility index (Phi) is 4.50. The highest BCUT2D eigenvalue weighted by atomic mass is 16.5. The van der Waals surface area contributed by atoms with Crippen LogP contribution in [0.3, 0.4) is 0 Å². The number of carbonyl (C=O) groups is 2. The van der Waals surface area contributed by atoms with Gasteiger partial charge in [-0.15, -0.1) is 0 Å². The molecule has 6 heteroatoms. The van der Waals surface area contributed by atoms with Gasteiger partial charge in [-0.05, 0) is 43.5 Å². The molecule has 0 aliphatic carbocycles. The Hall–Kier alpha value is -2.08. The van der Waals surface area contributed by atoms with Crippen molar-refractivity contribution in [3.05, 3.63) is 22.8 Å². The molecule has 1 rings (SSSR count). The maximum absolute atomic E-state index is 11.6. The number of hydrogen-bond donors (Lipinski definition) is 3. The van der Waals surface area contributed by atoms with Gasteiger partial charge in [-0.25, -0.2) is 4.79 Å². The van der Waals surface area contributed by atoms with Crippen LogP contribution >= 0.6 is 0 Å². The molecule has 104 valence electrons. The smallest absolute Gasteiger partial charge is 0.330 e. The number of nitrogens with two attached hydrogens (primary N) is 1. The zero-order valence-corrected chi connectivity index (χ0v) is 11.4. The topological polar surface area (TPSA) is 102 Å². The van der Waals surface area contributed by atoms with Gasteiger partial charge in [0.1, 0.15) is 5.75 Å². The molecule has 1 unspecified atom stereocenters. The molecule has 1 atom stereocenters. The molecule has 0 radical (unpaired) electrons. The van der Waals surface area contributed by atoms with Crippen LogP contribution in [0.25, 0.3) is 0 Å². The van der Waals surface area contributed by atoms with E-state index >= 15 is 0 Å². The van der Waals surface area contributed by atoms with E-state index in [1.54, 1.807) is 13.2 Å². The molecule has 0 heterocycles. The highest BCUT2D eigenvalue weighted by Gasteiger charge is 2.22. The summed E-state index contributed by atoms with van der Waals surface area (Å²) in [6.07, 6.45) is 0. The monoisotopic (exact) mass is 266 g/mol. The van der Waals surface area contributed by atoms with Crippen LogP contribution in [0.2, 0.25) is 0 Å². The lowest BCUT2D eigenvalue weighted by Gasteiger charge is -2.17. The Balaban J connectivity index is 3.10. The lowest BCUT2D eigenvalue weighted by Crippen LogP contribution is -2.42. The van der Waals surface area contributed by atoms with E-state index in [0.717, 1.165) is 22.4 Å². The van der Waals surface area contributed by atoms with Crippen LogP contribution < -0.4 is 15.8 Å². The van der Waals surface area contributed by atoms with Crippen LogP contribution in [0.15, 0.2) is 6.07 Å². The first kappa shape index (κ1) is 15.0. The van der Waals surface area contributed by atoms with Crippen molar-refractivity contribution in [3.8, 4) is 5.75 Å². The number of anilines is 1. The summed E-state index contributed by atoms with van der Waals surface area (Å²) in [6.45, 7) is 5.53.